The van der Waals surface area contributed by atoms with Gasteiger partial charge < -0.3 is 19.4 Å². The van der Waals surface area contributed by atoms with Crippen LogP contribution in [0, 0.1) is 5.82 Å². The minimum atomic E-state index is -0.491. The summed E-state index contributed by atoms with van der Waals surface area (Å²) in [4.78, 5) is 22.0. The smallest absolute Gasteiger partial charge is 0.410 e. The summed E-state index contributed by atoms with van der Waals surface area (Å²) in [5, 5.41) is 3.90. The number of anilines is 2. The van der Waals surface area contributed by atoms with Crippen LogP contribution in [0.1, 0.15) is 18.2 Å². The first-order valence-electron chi connectivity index (χ1n) is 8.46. The van der Waals surface area contributed by atoms with Crippen molar-refractivity contribution in [1.82, 2.24) is 14.9 Å². The molecular formula is C18H16ClFN4O3. The van der Waals surface area contributed by atoms with Crippen molar-refractivity contribution >= 4 is 40.3 Å². The van der Waals surface area contributed by atoms with E-state index in [9.17, 15) is 9.18 Å². The van der Waals surface area contributed by atoms with Gasteiger partial charge in [0.15, 0.2) is 0 Å². The summed E-state index contributed by atoms with van der Waals surface area (Å²) >= 11 is 5.85. The maximum atomic E-state index is 13.4. The highest BCUT2D eigenvalue weighted by Crippen LogP contribution is 2.34. The molecule has 3 aromatic rings. The van der Waals surface area contributed by atoms with Crippen molar-refractivity contribution in [2.24, 2.45) is 0 Å². The number of hydrogen-bond acceptors (Lipinski definition) is 6. The van der Waals surface area contributed by atoms with Crippen LogP contribution in [0.15, 0.2) is 28.9 Å². The van der Waals surface area contributed by atoms with Gasteiger partial charge in [0.05, 0.1) is 23.6 Å². The molecule has 9 heteroatoms. The van der Waals surface area contributed by atoms with Gasteiger partial charge in [-0.3, -0.25) is 0 Å². The average Bonchev–Trinajstić information content (AvgIpc) is 3.03. The van der Waals surface area contributed by atoms with Crippen LogP contribution in [-0.2, 0) is 17.7 Å². The molecular weight excluding hydrogens is 375 g/mol. The minimum absolute atomic E-state index is 0.0181. The van der Waals surface area contributed by atoms with Crippen molar-refractivity contribution in [3.05, 3.63) is 46.7 Å². The first kappa shape index (κ1) is 17.5. The molecule has 1 aliphatic heterocycles. The second-order valence-corrected chi connectivity index (χ2v) is 6.44. The SMILES string of the molecule is CCOC(=O)N1CCc2c(oc3ncnc(Nc4ccc(F)c(Cl)c4)c23)C1. The molecule has 1 aromatic carbocycles. The van der Waals surface area contributed by atoms with Crippen molar-refractivity contribution < 1.29 is 18.3 Å². The Labute approximate surface area is 159 Å². The molecule has 2 aromatic heterocycles. The van der Waals surface area contributed by atoms with E-state index in [0.29, 0.717) is 49.1 Å². The Hall–Kier alpha value is -2.87. The van der Waals surface area contributed by atoms with Crippen LogP contribution in [0.2, 0.25) is 5.02 Å². The highest BCUT2D eigenvalue weighted by Gasteiger charge is 2.28. The maximum absolute atomic E-state index is 13.4. The molecule has 0 aliphatic carbocycles. The number of nitrogens with zero attached hydrogens (tertiary/aromatic N) is 3. The molecule has 1 aliphatic rings. The third-order valence-electron chi connectivity index (χ3n) is 4.35. The number of fused-ring (bicyclic) bond motifs is 3. The topological polar surface area (TPSA) is 80.5 Å². The Kier molecular flexibility index (Phi) is 4.57. The molecule has 3 heterocycles. The molecule has 7 nitrogen and oxygen atoms in total. The number of ether oxygens (including phenoxy) is 1. The fraction of sp³-hybridized carbons (Fsp3) is 0.278. The second-order valence-electron chi connectivity index (χ2n) is 6.03. The lowest BCUT2D eigenvalue weighted by Gasteiger charge is -2.25. The zero-order valence-electron chi connectivity index (χ0n) is 14.5. The second kappa shape index (κ2) is 7.03. The molecule has 0 saturated carbocycles. The molecule has 1 N–H and O–H groups in total. The van der Waals surface area contributed by atoms with Crippen molar-refractivity contribution in [3.63, 3.8) is 0 Å². The molecule has 0 unspecified atom stereocenters. The van der Waals surface area contributed by atoms with Crippen LogP contribution in [-0.4, -0.2) is 34.1 Å². The van der Waals surface area contributed by atoms with Crippen LogP contribution < -0.4 is 5.32 Å². The number of halogens is 2. The summed E-state index contributed by atoms with van der Waals surface area (Å²) in [6.45, 7) is 2.91. The predicted molar refractivity (Wildman–Crippen MR) is 97.6 cm³/mol. The van der Waals surface area contributed by atoms with Gasteiger partial charge in [-0.05, 0) is 31.5 Å². The van der Waals surface area contributed by atoms with Gasteiger partial charge in [-0.25, -0.2) is 19.2 Å². The summed E-state index contributed by atoms with van der Waals surface area (Å²) in [5.74, 6) is 0.706. The molecule has 0 spiro atoms. The molecule has 4 rings (SSSR count). The van der Waals surface area contributed by atoms with Gasteiger partial charge in [0.2, 0.25) is 5.71 Å². The van der Waals surface area contributed by atoms with Gasteiger partial charge in [0.25, 0.3) is 0 Å². The number of amides is 1. The quantitative estimate of drug-likeness (QED) is 0.719. The van der Waals surface area contributed by atoms with E-state index in [4.69, 9.17) is 20.8 Å². The van der Waals surface area contributed by atoms with Crippen molar-refractivity contribution in [2.75, 3.05) is 18.5 Å². The van der Waals surface area contributed by atoms with Gasteiger partial charge in [0, 0.05) is 17.8 Å². The standard InChI is InChI=1S/C18H16ClFN4O3/c1-2-26-18(25)24-6-5-11-14(8-24)27-17-15(11)16(21-9-22-17)23-10-3-4-13(20)12(19)7-10/h3-4,7,9H,2,5-6,8H2,1H3,(H,21,22,23). The number of benzene rings is 1. The van der Waals surface area contributed by atoms with E-state index in [1.165, 1.54) is 18.5 Å². The fourth-order valence-electron chi connectivity index (χ4n) is 3.10. The van der Waals surface area contributed by atoms with Gasteiger partial charge in [-0.15, -0.1) is 0 Å². The third kappa shape index (κ3) is 3.28. The van der Waals surface area contributed by atoms with Gasteiger partial charge >= 0.3 is 6.09 Å². The summed E-state index contributed by atoms with van der Waals surface area (Å²) < 4.78 is 24.3. The van der Waals surface area contributed by atoms with Crippen molar-refractivity contribution in [1.29, 1.82) is 0 Å². The summed E-state index contributed by atoms with van der Waals surface area (Å²) in [7, 11) is 0. The molecule has 0 bridgehead atoms. The highest BCUT2D eigenvalue weighted by atomic mass is 35.5. The Balaban J connectivity index is 1.68. The number of furan rings is 1. The fourth-order valence-corrected chi connectivity index (χ4v) is 3.28. The molecule has 0 fully saturated rings. The van der Waals surface area contributed by atoms with E-state index in [-0.39, 0.29) is 11.1 Å². The number of carbonyl (C=O) groups is 1. The average molecular weight is 391 g/mol. The molecule has 1 amide bonds. The Morgan fingerprint density at radius 3 is 3.07 bits per heavy atom. The molecule has 27 heavy (non-hydrogen) atoms. The maximum Gasteiger partial charge on any atom is 0.410 e. The minimum Gasteiger partial charge on any atom is -0.450 e. The van der Waals surface area contributed by atoms with Crippen LogP contribution >= 0.6 is 11.6 Å². The number of nitrogens with one attached hydrogen (secondary N) is 1. The van der Waals surface area contributed by atoms with E-state index in [1.54, 1.807) is 17.9 Å². The third-order valence-corrected chi connectivity index (χ3v) is 4.63. The lowest BCUT2D eigenvalue weighted by atomic mass is 10.0. The molecule has 140 valence electrons. The lowest BCUT2D eigenvalue weighted by Crippen LogP contribution is -2.35. The van der Waals surface area contributed by atoms with Crippen molar-refractivity contribution in [2.45, 2.75) is 19.9 Å². The zero-order valence-corrected chi connectivity index (χ0v) is 15.2. The number of hydrogen-bond donors (Lipinski definition) is 1. The van der Waals surface area contributed by atoms with E-state index in [1.807, 2.05) is 0 Å². The monoisotopic (exact) mass is 390 g/mol. The normalized spacial score (nSPS) is 13.5. The predicted octanol–water partition coefficient (Wildman–Crippen LogP) is 4.27. The van der Waals surface area contributed by atoms with E-state index < -0.39 is 5.82 Å². The first-order valence-corrected chi connectivity index (χ1v) is 8.83. The summed E-state index contributed by atoms with van der Waals surface area (Å²) in [6, 6.07) is 4.34. The summed E-state index contributed by atoms with van der Waals surface area (Å²) in [5.41, 5.74) is 1.97. The Bertz CT molecular complexity index is 1020. The van der Waals surface area contributed by atoms with Crippen LogP contribution in [0.5, 0.6) is 0 Å². The van der Waals surface area contributed by atoms with Gasteiger partial charge in [-0.2, -0.15) is 0 Å². The number of carbonyl (C=O) groups excluding carboxylic acids is 1. The van der Waals surface area contributed by atoms with E-state index in [0.717, 1.165) is 10.9 Å². The largest absolute Gasteiger partial charge is 0.450 e. The summed E-state index contributed by atoms with van der Waals surface area (Å²) in [6.07, 6.45) is 1.61. The van der Waals surface area contributed by atoms with E-state index >= 15 is 0 Å². The van der Waals surface area contributed by atoms with Crippen molar-refractivity contribution in [3.8, 4) is 0 Å². The van der Waals surface area contributed by atoms with Gasteiger partial charge in [-0.1, -0.05) is 11.6 Å². The van der Waals surface area contributed by atoms with E-state index in [2.05, 4.69) is 15.3 Å². The Morgan fingerprint density at radius 1 is 1.44 bits per heavy atom. The van der Waals surface area contributed by atoms with Crippen LogP contribution in [0.3, 0.4) is 0 Å². The highest BCUT2D eigenvalue weighted by molar-refractivity contribution is 6.31. The van der Waals surface area contributed by atoms with Gasteiger partial charge in [0.1, 0.15) is 23.7 Å². The Morgan fingerprint density at radius 2 is 2.30 bits per heavy atom. The molecule has 0 atom stereocenters. The molecule has 0 saturated heterocycles. The zero-order chi connectivity index (χ0) is 19.0. The first-order chi connectivity index (χ1) is 13.1. The van der Waals surface area contributed by atoms with Crippen LogP contribution in [0.25, 0.3) is 11.1 Å². The molecule has 0 radical (unpaired) electrons. The number of rotatable bonds is 3. The lowest BCUT2D eigenvalue weighted by molar-refractivity contribution is 0.0993. The van der Waals surface area contributed by atoms with Crippen LogP contribution in [0.4, 0.5) is 20.7 Å². The number of aromatic nitrogens is 2.